The summed E-state index contributed by atoms with van der Waals surface area (Å²) in [7, 11) is 0. The summed E-state index contributed by atoms with van der Waals surface area (Å²) >= 11 is 0. The van der Waals surface area contributed by atoms with E-state index in [2.05, 4.69) is 51.1 Å². The van der Waals surface area contributed by atoms with Crippen LogP contribution in [-0.4, -0.2) is 28.9 Å². The molecule has 6 nitrogen and oxygen atoms in total. The van der Waals surface area contributed by atoms with E-state index in [1.807, 2.05) is 31.2 Å². The summed E-state index contributed by atoms with van der Waals surface area (Å²) in [6, 6.07) is 19.9. The van der Waals surface area contributed by atoms with Crippen molar-refractivity contribution in [2.45, 2.75) is 19.8 Å². The molecule has 31 heavy (non-hydrogen) atoms. The fourth-order valence-corrected chi connectivity index (χ4v) is 4.09. The van der Waals surface area contributed by atoms with Gasteiger partial charge < -0.3 is 4.74 Å². The van der Waals surface area contributed by atoms with E-state index in [0.29, 0.717) is 12.3 Å². The second kappa shape index (κ2) is 8.07. The van der Waals surface area contributed by atoms with Gasteiger partial charge in [0.2, 0.25) is 0 Å². The van der Waals surface area contributed by atoms with Gasteiger partial charge in [-0.2, -0.15) is 10.2 Å². The average molecular weight is 410 g/mol. The molecule has 0 bridgehead atoms. The Morgan fingerprint density at radius 3 is 2.74 bits per heavy atom. The third-order valence-corrected chi connectivity index (χ3v) is 5.55. The highest BCUT2D eigenvalue weighted by Crippen LogP contribution is 2.36. The number of ether oxygens (including phenoxy) is 1. The van der Waals surface area contributed by atoms with Crippen molar-refractivity contribution in [2.24, 2.45) is 5.10 Å². The van der Waals surface area contributed by atoms with E-state index < -0.39 is 0 Å². The van der Waals surface area contributed by atoms with Crippen LogP contribution in [0.5, 0.6) is 5.75 Å². The van der Waals surface area contributed by atoms with Crippen molar-refractivity contribution < 1.29 is 9.53 Å². The third-order valence-electron chi connectivity index (χ3n) is 5.55. The Balaban J connectivity index is 1.32. The Morgan fingerprint density at radius 2 is 1.94 bits per heavy atom. The van der Waals surface area contributed by atoms with Crippen LogP contribution in [0.1, 0.15) is 34.1 Å². The lowest BCUT2D eigenvalue weighted by Crippen LogP contribution is -2.17. The van der Waals surface area contributed by atoms with Crippen LogP contribution >= 0.6 is 0 Å². The summed E-state index contributed by atoms with van der Waals surface area (Å²) in [5.74, 6) is 0.462. The maximum atomic E-state index is 12.5. The lowest BCUT2D eigenvalue weighted by molar-refractivity contribution is 0.0950. The second-order valence-electron chi connectivity index (χ2n) is 7.48. The van der Waals surface area contributed by atoms with Gasteiger partial charge in [-0.25, -0.2) is 5.43 Å². The molecule has 0 saturated heterocycles. The maximum absolute atomic E-state index is 12.5. The number of hydrogen-bond acceptors (Lipinski definition) is 4. The number of benzene rings is 3. The molecule has 0 atom stereocenters. The highest BCUT2D eigenvalue weighted by molar-refractivity contribution is 6.02. The summed E-state index contributed by atoms with van der Waals surface area (Å²) in [6.45, 7) is 2.56. The van der Waals surface area contributed by atoms with Gasteiger partial charge in [-0.15, -0.1) is 0 Å². The summed E-state index contributed by atoms with van der Waals surface area (Å²) < 4.78 is 5.42. The number of carbonyl (C=O) groups excluding carboxylic acids is 1. The zero-order chi connectivity index (χ0) is 21.2. The number of nitrogens with zero attached hydrogens (tertiary/aromatic N) is 2. The predicted octanol–water partition coefficient (Wildman–Crippen LogP) is 4.49. The number of aryl methyl sites for hydroxylation is 2. The minimum absolute atomic E-state index is 0.341. The molecule has 0 unspecified atom stereocenters. The van der Waals surface area contributed by atoms with Crippen LogP contribution in [0.4, 0.5) is 0 Å². The van der Waals surface area contributed by atoms with Crippen LogP contribution in [0.15, 0.2) is 65.8 Å². The molecule has 0 spiro atoms. The first-order valence-electron chi connectivity index (χ1n) is 10.4. The molecule has 4 aromatic rings. The number of rotatable bonds is 6. The standard InChI is InChI=1S/C25H22N4O2/c1-2-31-19-11-6-16(7-12-19)15-26-29-25(30)23-14-22(27-28-23)20-13-10-18-9-8-17-4-3-5-21(20)24(17)18/h3-7,10-15H,2,8-9H2,1H3,(H,27,28)(H,29,30)/b26-15-. The van der Waals surface area contributed by atoms with Crippen molar-refractivity contribution in [3.05, 3.63) is 83.0 Å². The second-order valence-corrected chi connectivity index (χ2v) is 7.48. The van der Waals surface area contributed by atoms with Gasteiger partial charge in [0.15, 0.2) is 0 Å². The molecule has 3 aromatic carbocycles. The SMILES string of the molecule is CCOc1ccc(/C=N\NC(=O)c2cc(-c3ccc4c5c(cccc35)CC4)n[nH]2)cc1. The Kier molecular flexibility index (Phi) is 4.96. The van der Waals surface area contributed by atoms with E-state index in [0.717, 1.165) is 35.4 Å². The van der Waals surface area contributed by atoms with Gasteiger partial charge in [-0.3, -0.25) is 9.89 Å². The molecule has 6 heteroatoms. The van der Waals surface area contributed by atoms with Crippen molar-refractivity contribution >= 4 is 22.9 Å². The number of carbonyl (C=O) groups is 1. The van der Waals surface area contributed by atoms with E-state index >= 15 is 0 Å². The molecule has 0 radical (unpaired) electrons. The minimum Gasteiger partial charge on any atom is -0.494 e. The molecular weight excluding hydrogens is 388 g/mol. The molecule has 0 saturated carbocycles. The topological polar surface area (TPSA) is 79.4 Å². The van der Waals surface area contributed by atoms with E-state index in [1.165, 1.54) is 21.9 Å². The van der Waals surface area contributed by atoms with Crippen LogP contribution < -0.4 is 10.2 Å². The smallest absolute Gasteiger partial charge is 0.289 e. The lowest BCUT2D eigenvalue weighted by Gasteiger charge is -2.06. The highest BCUT2D eigenvalue weighted by Gasteiger charge is 2.18. The molecule has 2 N–H and O–H groups in total. The molecular formula is C25H22N4O2. The molecule has 0 fully saturated rings. The van der Waals surface area contributed by atoms with Crippen LogP contribution in [0.3, 0.4) is 0 Å². The predicted molar refractivity (Wildman–Crippen MR) is 122 cm³/mol. The van der Waals surface area contributed by atoms with Crippen LogP contribution in [0.25, 0.3) is 22.0 Å². The van der Waals surface area contributed by atoms with Crippen molar-refractivity contribution in [1.82, 2.24) is 15.6 Å². The normalized spacial score (nSPS) is 12.5. The number of hydrogen-bond donors (Lipinski definition) is 2. The quantitative estimate of drug-likeness (QED) is 0.363. The molecule has 1 amide bonds. The van der Waals surface area contributed by atoms with Crippen LogP contribution in [0.2, 0.25) is 0 Å². The molecule has 0 aliphatic heterocycles. The Bertz CT molecular complexity index is 1280. The molecule has 154 valence electrons. The summed E-state index contributed by atoms with van der Waals surface area (Å²) in [6.07, 6.45) is 3.75. The van der Waals surface area contributed by atoms with Gasteiger partial charge in [0.25, 0.3) is 5.91 Å². The van der Waals surface area contributed by atoms with Crippen molar-refractivity contribution in [3.63, 3.8) is 0 Å². The summed E-state index contributed by atoms with van der Waals surface area (Å²) in [5, 5.41) is 13.8. The first-order chi connectivity index (χ1) is 15.2. The largest absolute Gasteiger partial charge is 0.494 e. The first-order valence-corrected chi connectivity index (χ1v) is 10.4. The summed E-state index contributed by atoms with van der Waals surface area (Å²) in [4.78, 5) is 12.5. The van der Waals surface area contributed by atoms with Crippen molar-refractivity contribution in [1.29, 1.82) is 0 Å². The van der Waals surface area contributed by atoms with Gasteiger partial charge in [0.1, 0.15) is 11.4 Å². The van der Waals surface area contributed by atoms with E-state index in [9.17, 15) is 4.79 Å². The first kappa shape index (κ1) is 19.1. The monoisotopic (exact) mass is 410 g/mol. The van der Waals surface area contributed by atoms with Crippen molar-refractivity contribution in [3.8, 4) is 17.0 Å². The number of aromatic amines is 1. The fourth-order valence-electron chi connectivity index (χ4n) is 4.09. The van der Waals surface area contributed by atoms with Crippen LogP contribution in [0, 0.1) is 0 Å². The number of H-pyrrole nitrogens is 1. The van der Waals surface area contributed by atoms with Crippen LogP contribution in [-0.2, 0) is 12.8 Å². The average Bonchev–Trinajstić information content (AvgIpc) is 3.45. The summed E-state index contributed by atoms with van der Waals surface area (Å²) in [5.41, 5.74) is 8.30. The number of nitrogens with one attached hydrogen (secondary N) is 2. The van der Waals surface area contributed by atoms with Gasteiger partial charge in [0, 0.05) is 5.56 Å². The van der Waals surface area contributed by atoms with Gasteiger partial charge in [0.05, 0.1) is 18.5 Å². The Labute approximate surface area is 179 Å². The number of aromatic nitrogens is 2. The van der Waals surface area contributed by atoms with E-state index in [1.54, 1.807) is 12.3 Å². The molecule has 1 aromatic heterocycles. The van der Waals surface area contributed by atoms with Gasteiger partial charge in [-0.05, 0) is 77.6 Å². The third kappa shape index (κ3) is 3.68. The lowest BCUT2D eigenvalue weighted by atomic mass is 9.98. The molecule has 1 heterocycles. The zero-order valence-corrected chi connectivity index (χ0v) is 17.2. The number of hydrazone groups is 1. The molecule has 5 rings (SSSR count). The number of amides is 1. The maximum Gasteiger partial charge on any atom is 0.289 e. The van der Waals surface area contributed by atoms with Crippen molar-refractivity contribution in [2.75, 3.05) is 6.61 Å². The van der Waals surface area contributed by atoms with Gasteiger partial charge >= 0.3 is 0 Å². The highest BCUT2D eigenvalue weighted by atomic mass is 16.5. The Hall–Kier alpha value is -3.93. The minimum atomic E-state index is -0.341. The van der Waals surface area contributed by atoms with E-state index in [-0.39, 0.29) is 5.91 Å². The fraction of sp³-hybridized carbons (Fsp3) is 0.160. The Morgan fingerprint density at radius 1 is 1.13 bits per heavy atom. The molecule has 1 aliphatic rings. The van der Waals surface area contributed by atoms with Gasteiger partial charge in [-0.1, -0.05) is 30.3 Å². The molecule has 1 aliphatic carbocycles. The zero-order valence-electron chi connectivity index (χ0n) is 17.2. The van der Waals surface area contributed by atoms with E-state index in [4.69, 9.17) is 4.74 Å².